The molecular weight excluding hydrogens is 292 g/mol. The topological polar surface area (TPSA) is 52.4 Å². The highest BCUT2D eigenvalue weighted by atomic mass is 35.5. The van der Waals surface area contributed by atoms with Crippen molar-refractivity contribution in [1.29, 1.82) is 0 Å². The smallest absolute Gasteiger partial charge is 0.288 e. The van der Waals surface area contributed by atoms with E-state index in [9.17, 15) is 18.9 Å². The first kappa shape index (κ1) is 14.2. The van der Waals surface area contributed by atoms with Crippen molar-refractivity contribution in [3.63, 3.8) is 0 Å². The van der Waals surface area contributed by atoms with Gasteiger partial charge in [0.05, 0.1) is 4.92 Å². The van der Waals surface area contributed by atoms with Crippen LogP contribution in [0.4, 0.5) is 14.5 Å². The van der Waals surface area contributed by atoms with Gasteiger partial charge < -0.3 is 4.74 Å². The highest BCUT2D eigenvalue weighted by molar-refractivity contribution is 6.32. The number of rotatable bonds is 4. The maximum atomic E-state index is 12.9. The number of hydrogen-bond acceptors (Lipinski definition) is 3. The van der Waals surface area contributed by atoms with Crippen LogP contribution in [0.25, 0.3) is 0 Å². The Morgan fingerprint density at radius 3 is 2.40 bits per heavy atom. The standard InChI is InChI=1S/C13H8ClF2NO3/c14-12-2-1-8(3-13(12)17(18)19)7-20-11-5-9(15)4-10(16)6-11/h1-6H,7H2. The Hall–Kier alpha value is -2.21. The molecule has 2 aromatic rings. The second-order valence-corrected chi connectivity index (χ2v) is 4.34. The van der Waals surface area contributed by atoms with Crippen LogP contribution in [0.3, 0.4) is 0 Å². The third kappa shape index (κ3) is 3.42. The van der Waals surface area contributed by atoms with Gasteiger partial charge >= 0.3 is 0 Å². The molecule has 2 rings (SSSR count). The van der Waals surface area contributed by atoms with Crippen molar-refractivity contribution in [1.82, 2.24) is 0 Å². The first-order valence-electron chi connectivity index (χ1n) is 5.47. The average Bonchev–Trinajstić information content (AvgIpc) is 2.36. The Morgan fingerprint density at radius 1 is 1.15 bits per heavy atom. The van der Waals surface area contributed by atoms with E-state index in [4.69, 9.17) is 16.3 Å². The molecule has 0 aliphatic carbocycles. The summed E-state index contributed by atoms with van der Waals surface area (Å²) >= 11 is 5.67. The van der Waals surface area contributed by atoms with Gasteiger partial charge in [-0.15, -0.1) is 0 Å². The molecule has 0 unspecified atom stereocenters. The van der Waals surface area contributed by atoms with E-state index in [1.807, 2.05) is 0 Å². The fourth-order valence-corrected chi connectivity index (χ4v) is 1.75. The second-order valence-electron chi connectivity index (χ2n) is 3.94. The highest BCUT2D eigenvalue weighted by Crippen LogP contribution is 2.26. The Balaban J connectivity index is 2.14. The molecule has 20 heavy (non-hydrogen) atoms. The van der Waals surface area contributed by atoms with E-state index in [1.165, 1.54) is 18.2 Å². The van der Waals surface area contributed by atoms with Crippen LogP contribution in [0, 0.1) is 21.7 Å². The van der Waals surface area contributed by atoms with Crippen LogP contribution >= 0.6 is 11.6 Å². The third-order valence-corrected chi connectivity index (χ3v) is 2.77. The molecule has 104 valence electrons. The van der Waals surface area contributed by atoms with Crippen molar-refractivity contribution in [2.24, 2.45) is 0 Å². The molecule has 0 aliphatic rings. The summed E-state index contributed by atoms with van der Waals surface area (Å²) in [5, 5.41) is 10.7. The molecule has 0 spiro atoms. The zero-order valence-corrected chi connectivity index (χ0v) is 10.7. The lowest BCUT2D eigenvalue weighted by atomic mass is 10.2. The zero-order valence-electron chi connectivity index (χ0n) is 9.98. The average molecular weight is 300 g/mol. The molecule has 7 heteroatoms. The van der Waals surface area contributed by atoms with Gasteiger partial charge in [0.2, 0.25) is 0 Å². The Labute approximate surface area is 117 Å². The van der Waals surface area contributed by atoms with E-state index in [0.717, 1.165) is 18.2 Å². The fourth-order valence-electron chi connectivity index (χ4n) is 1.57. The Bertz CT molecular complexity index is 644. The summed E-state index contributed by atoms with van der Waals surface area (Å²) in [5.74, 6) is -1.52. The number of hydrogen-bond donors (Lipinski definition) is 0. The lowest BCUT2D eigenvalue weighted by molar-refractivity contribution is -0.384. The van der Waals surface area contributed by atoms with Crippen molar-refractivity contribution in [3.05, 3.63) is 68.7 Å². The zero-order chi connectivity index (χ0) is 14.7. The monoisotopic (exact) mass is 299 g/mol. The maximum Gasteiger partial charge on any atom is 0.288 e. The molecule has 2 aromatic carbocycles. The summed E-state index contributed by atoms with van der Waals surface area (Å²) in [4.78, 5) is 10.1. The first-order chi connectivity index (χ1) is 9.45. The molecule has 4 nitrogen and oxygen atoms in total. The molecule has 0 heterocycles. The molecule has 0 bridgehead atoms. The normalized spacial score (nSPS) is 10.3. The number of ether oxygens (including phenoxy) is 1. The summed E-state index contributed by atoms with van der Waals surface area (Å²) in [5.41, 5.74) is 0.212. The SMILES string of the molecule is O=[N+]([O-])c1cc(COc2cc(F)cc(F)c2)ccc1Cl. The van der Waals surface area contributed by atoms with Crippen molar-refractivity contribution in [3.8, 4) is 5.75 Å². The van der Waals surface area contributed by atoms with Gasteiger partial charge in [0, 0.05) is 24.3 Å². The largest absolute Gasteiger partial charge is 0.489 e. The summed E-state index contributed by atoms with van der Waals surface area (Å²) in [6.07, 6.45) is 0. The van der Waals surface area contributed by atoms with Gasteiger partial charge in [-0.25, -0.2) is 8.78 Å². The van der Waals surface area contributed by atoms with Crippen molar-refractivity contribution >= 4 is 17.3 Å². The van der Waals surface area contributed by atoms with E-state index < -0.39 is 16.6 Å². The van der Waals surface area contributed by atoms with Crippen LogP contribution in [-0.4, -0.2) is 4.92 Å². The molecular formula is C13H8ClF2NO3. The summed E-state index contributed by atoms with van der Waals surface area (Å²) < 4.78 is 31.1. The van der Waals surface area contributed by atoms with Gasteiger partial charge in [-0.2, -0.15) is 0 Å². The second kappa shape index (κ2) is 5.83. The van der Waals surface area contributed by atoms with E-state index in [-0.39, 0.29) is 23.1 Å². The Morgan fingerprint density at radius 2 is 1.80 bits per heavy atom. The van der Waals surface area contributed by atoms with Crippen LogP contribution in [0.15, 0.2) is 36.4 Å². The van der Waals surface area contributed by atoms with Crippen LogP contribution in [-0.2, 0) is 6.61 Å². The lowest BCUT2D eigenvalue weighted by Crippen LogP contribution is -1.98. The lowest BCUT2D eigenvalue weighted by Gasteiger charge is -2.07. The number of halogens is 3. The third-order valence-electron chi connectivity index (χ3n) is 2.45. The summed E-state index contributed by atoms with van der Waals surface area (Å²) in [6.45, 7) is -0.0685. The first-order valence-corrected chi connectivity index (χ1v) is 5.85. The highest BCUT2D eigenvalue weighted by Gasteiger charge is 2.13. The van der Waals surface area contributed by atoms with Crippen LogP contribution in [0.1, 0.15) is 5.56 Å². The van der Waals surface area contributed by atoms with Gasteiger partial charge in [-0.3, -0.25) is 10.1 Å². The maximum absolute atomic E-state index is 12.9. The minimum absolute atomic E-state index is 0.0000954. The molecule has 0 radical (unpaired) electrons. The van der Waals surface area contributed by atoms with E-state index in [0.29, 0.717) is 5.56 Å². The van der Waals surface area contributed by atoms with Crippen molar-refractivity contribution in [2.45, 2.75) is 6.61 Å². The van der Waals surface area contributed by atoms with E-state index in [1.54, 1.807) is 0 Å². The van der Waals surface area contributed by atoms with Gasteiger partial charge in [0.1, 0.15) is 29.0 Å². The molecule has 0 saturated carbocycles. The van der Waals surface area contributed by atoms with Gasteiger partial charge in [0.25, 0.3) is 5.69 Å². The van der Waals surface area contributed by atoms with Gasteiger partial charge in [0.15, 0.2) is 0 Å². The molecule has 0 N–H and O–H groups in total. The number of nitro benzene ring substituents is 1. The molecule has 0 aliphatic heterocycles. The quantitative estimate of drug-likeness (QED) is 0.630. The fraction of sp³-hybridized carbons (Fsp3) is 0.0769. The van der Waals surface area contributed by atoms with Crippen molar-refractivity contribution < 1.29 is 18.4 Å². The summed E-state index contributed by atoms with van der Waals surface area (Å²) in [6, 6.07) is 6.91. The molecule has 0 saturated heterocycles. The minimum Gasteiger partial charge on any atom is -0.489 e. The molecule has 0 atom stereocenters. The molecule has 0 fully saturated rings. The van der Waals surface area contributed by atoms with Crippen LogP contribution < -0.4 is 4.74 Å². The van der Waals surface area contributed by atoms with Crippen molar-refractivity contribution in [2.75, 3.05) is 0 Å². The molecule has 0 aromatic heterocycles. The minimum atomic E-state index is -0.762. The van der Waals surface area contributed by atoms with Crippen LogP contribution in [0.5, 0.6) is 5.75 Å². The predicted octanol–water partition coefficient (Wildman–Crippen LogP) is 4.11. The Kier molecular flexibility index (Phi) is 4.14. The van der Waals surface area contributed by atoms with Gasteiger partial charge in [-0.1, -0.05) is 17.7 Å². The number of nitro groups is 1. The van der Waals surface area contributed by atoms with Crippen LogP contribution in [0.2, 0.25) is 5.02 Å². The molecule has 0 amide bonds. The number of nitrogens with zero attached hydrogens (tertiary/aromatic N) is 1. The van der Waals surface area contributed by atoms with Gasteiger partial charge in [-0.05, 0) is 11.6 Å². The van der Waals surface area contributed by atoms with E-state index in [2.05, 4.69) is 0 Å². The van der Waals surface area contributed by atoms with E-state index >= 15 is 0 Å². The predicted molar refractivity (Wildman–Crippen MR) is 68.8 cm³/mol. The summed E-state index contributed by atoms with van der Waals surface area (Å²) in [7, 11) is 0. The number of benzene rings is 2.